The number of benzene rings is 2. The van der Waals surface area contributed by atoms with Crippen LogP contribution in [-0.4, -0.2) is 61.0 Å². The molecule has 1 fully saturated rings. The van der Waals surface area contributed by atoms with E-state index in [4.69, 9.17) is 9.47 Å². The van der Waals surface area contributed by atoms with Crippen LogP contribution >= 0.6 is 0 Å². The van der Waals surface area contributed by atoms with Gasteiger partial charge in [-0.1, -0.05) is 38.1 Å². The van der Waals surface area contributed by atoms with Crippen molar-refractivity contribution in [3.63, 3.8) is 0 Å². The Kier molecular flexibility index (Phi) is 6.98. The summed E-state index contributed by atoms with van der Waals surface area (Å²) in [4.78, 5) is 29.2. The largest absolute Gasteiger partial charge is 0.497 e. The van der Waals surface area contributed by atoms with Gasteiger partial charge in [0.2, 0.25) is 0 Å². The molecule has 0 radical (unpaired) electrons. The molecular formula is C24H30N2O4. The number of rotatable bonds is 6. The van der Waals surface area contributed by atoms with Crippen molar-refractivity contribution in [2.45, 2.75) is 32.8 Å². The normalized spacial score (nSPS) is 15.1. The predicted molar refractivity (Wildman–Crippen MR) is 116 cm³/mol. The van der Waals surface area contributed by atoms with Crippen LogP contribution in [-0.2, 0) is 4.79 Å². The first-order chi connectivity index (χ1) is 14.4. The summed E-state index contributed by atoms with van der Waals surface area (Å²) in [5.74, 6) is 1.62. The van der Waals surface area contributed by atoms with Gasteiger partial charge in [-0.25, -0.2) is 0 Å². The number of carbonyl (C=O) groups is 2. The Labute approximate surface area is 178 Å². The van der Waals surface area contributed by atoms with E-state index in [9.17, 15) is 9.59 Å². The Hall–Kier alpha value is -3.02. The molecule has 0 aromatic heterocycles. The van der Waals surface area contributed by atoms with Gasteiger partial charge in [0.05, 0.1) is 7.11 Å². The van der Waals surface area contributed by atoms with Gasteiger partial charge >= 0.3 is 0 Å². The van der Waals surface area contributed by atoms with Gasteiger partial charge < -0.3 is 19.3 Å². The highest BCUT2D eigenvalue weighted by molar-refractivity contribution is 5.94. The van der Waals surface area contributed by atoms with Crippen LogP contribution < -0.4 is 9.47 Å². The Balaban J connectivity index is 1.58. The lowest BCUT2D eigenvalue weighted by atomic mass is 10.0. The Bertz CT molecular complexity index is 888. The van der Waals surface area contributed by atoms with Crippen molar-refractivity contribution in [2.75, 3.05) is 33.3 Å². The summed E-state index contributed by atoms with van der Waals surface area (Å²) in [7, 11) is 1.58. The van der Waals surface area contributed by atoms with Gasteiger partial charge in [-0.05, 0) is 42.7 Å². The third kappa shape index (κ3) is 4.93. The van der Waals surface area contributed by atoms with Gasteiger partial charge in [-0.2, -0.15) is 0 Å². The SMILES string of the molecule is COc1cccc(C(=O)N2CCN(C(=O)C(C)Oc3ccccc3C(C)C)CC2)c1. The van der Waals surface area contributed by atoms with Crippen LogP contribution in [0.5, 0.6) is 11.5 Å². The summed E-state index contributed by atoms with van der Waals surface area (Å²) in [5, 5.41) is 0. The van der Waals surface area contributed by atoms with E-state index in [1.54, 1.807) is 42.0 Å². The van der Waals surface area contributed by atoms with Crippen LogP contribution in [0.15, 0.2) is 48.5 Å². The highest BCUT2D eigenvalue weighted by atomic mass is 16.5. The van der Waals surface area contributed by atoms with Crippen molar-refractivity contribution in [3.8, 4) is 11.5 Å². The first kappa shape index (κ1) is 21.7. The molecule has 3 rings (SSSR count). The number of carbonyl (C=O) groups excluding carboxylic acids is 2. The number of hydrogen-bond donors (Lipinski definition) is 0. The van der Waals surface area contributed by atoms with Crippen LogP contribution in [0.1, 0.15) is 42.6 Å². The minimum atomic E-state index is -0.578. The first-order valence-electron chi connectivity index (χ1n) is 10.4. The molecule has 6 nitrogen and oxygen atoms in total. The van der Waals surface area contributed by atoms with E-state index >= 15 is 0 Å². The summed E-state index contributed by atoms with van der Waals surface area (Å²) in [6, 6.07) is 15.0. The van der Waals surface area contributed by atoms with Crippen molar-refractivity contribution >= 4 is 11.8 Å². The molecule has 0 N–H and O–H groups in total. The summed E-state index contributed by atoms with van der Waals surface area (Å²) in [5.41, 5.74) is 1.68. The van der Waals surface area contributed by atoms with E-state index in [0.29, 0.717) is 43.4 Å². The van der Waals surface area contributed by atoms with Gasteiger partial charge in [-0.15, -0.1) is 0 Å². The van der Waals surface area contributed by atoms with Gasteiger partial charge in [0, 0.05) is 31.7 Å². The Morgan fingerprint density at radius 1 is 0.900 bits per heavy atom. The zero-order valence-corrected chi connectivity index (χ0v) is 18.1. The van der Waals surface area contributed by atoms with E-state index in [-0.39, 0.29) is 11.8 Å². The number of methoxy groups -OCH3 is 1. The van der Waals surface area contributed by atoms with Crippen LogP contribution in [0.2, 0.25) is 0 Å². The average molecular weight is 411 g/mol. The zero-order valence-electron chi connectivity index (χ0n) is 18.1. The highest BCUT2D eigenvalue weighted by Gasteiger charge is 2.28. The Morgan fingerprint density at radius 2 is 1.57 bits per heavy atom. The van der Waals surface area contributed by atoms with Crippen molar-refractivity contribution in [1.82, 2.24) is 9.80 Å². The second-order valence-electron chi connectivity index (χ2n) is 7.80. The molecule has 1 saturated heterocycles. The van der Waals surface area contributed by atoms with Gasteiger partial charge in [0.25, 0.3) is 11.8 Å². The molecule has 0 saturated carbocycles. The number of ether oxygens (including phenoxy) is 2. The molecule has 160 valence electrons. The third-order valence-corrected chi connectivity index (χ3v) is 5.39. The van der Waals surface area contributed by atoms with Crippen molar-refractivity contribution in [1.29, 1.82) is 0 Å². The number of amides is 2. The third-order valence-electron chi connectivity index (χ3n) is 5.39. The van der Waals surface area contributed by atoms with Crippen LogP contribution in [0.3, 0.4) is 0 Å². The fraction of sp³-hybridized carbons (Fsp3) is 0.417. The molecule has 0 aliphatic carbocycles. The van der Waals surface area contributed by atoms with Crippen LogP contribution in [0.4, 0.5) is 0 Å². The van der Waals surface area contributed by atoms with E-state index in [2.05, 4.69) is 13.8 Å². The van der Waals surface area contributed by atoms with Crippen molar-refractivity contribution in [3.05, 3.63) is 59.7 Å². The topological polar surface area (TPSA) is 59.1 Å². The number of hydrogen-bond acceptors (Lipinski definition) is 4. The van der Waals surface area contributed by atoms with Crippen molar-refractivity contribution in [2.24, 2.45) is 0 Å². The molecule has 1 atom stereocenters. The highest BCUT2D eigenvalue weighted by Crippen LogP contribution is 2.27. The molecular weight excluding hydrogens is 380 g/mol. The maximum absolute atomic E-state index is 12.9. The van der Waals surface area contributed by atoms with Gasteiger partial charge in [0.15, 0.2) is 6.10 Å². The Morgan fingerprint density at radius 3 is 2.23 bits per heavy atom. The smallest absolute Gasteiger partial charge is 0.263 e. The number of para-hydroxylation sites is 1. The maximum Gasteiger partial charge on any atom is 0.263 e. The predicted octanol–water partition coefficient (Wildman–Crippen LogP) is 3.57. The lowest BCUT2D eigenvalue weighted by molar-refractivity contribution is -0.139. The average Bonchev–Trinajstić information content (AvgIpc) is 2.78. The minimum Gasteiger partial charge on any atom is -0.497 e. The van der Waals surface area contributed by atoms with Crippen LogP contribution in [0, 0.1) is 0 Å². The quantitative estimate of drug-likeness (QED) is 0.731. The summed E-state index contributed by atoms with van der Waals surface area (Å²) >= 11 is 0. The number of piperazine rings is 1. The molecule has 1 aliphatic heterocycles. The fourth-order valence-corrected chi connectivity index (χ4v) is 3.63. The van der Waals surface area contributed by atoms with Crippen molar-refractivity contribution < 1.29 is 19.1 Å². The first-order valence-corrected chi connectivity index (χ1v) is 10.4. The fourth-order valence-electron chi connectivity index (χ4n) is 3.63. The molecule has 1 heterocycles. The molecule has 1 aliphatic rings. The van der Waals surface area contributed by atoms with Gasteiger partial charge in [0.1, 0.15) is 11.5 Å². The lowest BCUT2D eigenvalue weighted by Gasteiger charge is -2.36. The molecule has 2 amide bonds. The van der Waals surface area contributed by atoms with Gasteiger partial charge in [-0.3, -0.25) is 9.59 Å². The van der Waals surface area contributed by atoms with E-state index in [1.807, 2.05) is 30.3 Å². The second kappa shape index (κ2) is 9.65. The molecule has 0 bridgehead atoms. The molecule has 0 spiro atoms. The maximum atomic E-state index is 12.9. The lowest BCUT2D eigenvalue weighted by Crippen LogP contribution is -2.53. The minimum absolute atomic E-state index is 0.0452. The van der Waals surface area contributed by atoms with E-state index < -0.39 is 6.10 Å². The van der Waals surface area contributed by atoms with E-state index in [1.165, 1.54) is 0 Å². The second-order valence-corrected chi connectivity index (χ2v) is 7.80. The standard InChI is InChI=1S/C24H30N2O4/c1-17(2)21-10-5-6-11-22(21)30-18(3)23(27)25-12-14-26(15-13-25)24(28)19-8-7-9-20(16-19)29-4/h5-11,16-18H,12-15H2,1-4H3. The summed E-state index contributed by atoms with van der Waals surface area (Å²) in [6.45, 7) is 7.98. The molecule has 1 unspecified atom stereocenters. The number of nitrogens with zero attached hydrogens (tertiary/aromatic N) is 2. The monoisotopic (exact) mass is 410 g/mol. The zero-order chi connectivity index (χ0) is 21.7. The summed E-state index contributed by atoms with van der Waals surface area (Å²) in [6.07, 6.45) is -0.578. The van der Waals surface area contributed by atoms with Crippen LogP contribution in [0.25, 0.3) is 0 Å². The van der Waals surface area contributed by atoms with E-state index in [0.717, 1.165) is 11.3 Å². The molecule has 6 heteroatoms. The summed E-state index contributed by atoms with van der Waals surface area (Å²) < 4.78 is 11.2. The molecule has 2 aromatic rings. The molecule has 30 heavy (non-hydrogen) atoms. The molecule has 2 aromatic carbocycles.